The van der Waals surface area contributed by atoms with Gasteiger partial charge in [0.25, 0.3) is 5.56 Å². The number of nitrogens with one attached hydrogen (secondary N) is 1. The molecule has 0 fully saturated rings. The number of aryl methyl sites for hydroxylation is 1. The fraction of sp³-hybridized carbons (Fsp3) is 0.120. The maximum absolute atomic E-state index is 12.3. The molecule has 4 aromatic rings. The van der Waals surface area contributed by atoms with Gasteiger partial charge in [0.05, 0.1) is 6.54 Å². The number of hydrogen-bond acceptors (Lipinski definition) is 3. The van der Waals surface area contributed by atoms with Crippen LogP contribution in [0.25, 0.3) is 11.3 Å². The molecule has 0 bridgehead atoms. The van der Waals surface area contributed by atoms with Crippen LogP contribution in [0.2, 0.25) is 0 Å². The minimum atomic E-state index is -0.0697. The lowest BCUT2D eigenvalue weighted by Gasteiger charge is -2.08. The van der Waals surface area contributed by atoms with Crippen molar-refractivity contribution in [3.63, 3.8) is 0 Å². The molecule has 0 radical (unpaired) electrons. The molecule has 0 aliphatic heterocycles. The molecule has 0 saturated heterocycles. The standard InChI is InChI=1S/C25H22N2O3/c28-24(16-14-22-13-15-23(30-22)20-6-2-1-3-7-20)26-21-11-9-19(10-12-21)18-27-17-5-4-8-25(27)29/h1-13,15,17H,14,16,18H2,(H,26,28). The molecule has 2 aromatic carbocycles. The van der Waals surface area contributed by atoms with Crippen molar-refractivity contribution >= 4 is 11.6 Å². The molecular weight excluding hydrogens is 376 g/mol. The second-order valence-corrected chi connectivity index (χ2v) is 7.04. The van der Waals surface area contributed by atoms with Gasteiger partial charge in [0.1, 0.15) is 11.5 Å². The number of anilines is 1. The minimum Gasteiger partial charge on any atom is -0.461 e. The third kappa shape index (κ3) is 4.94. The van der Waals surface area contributed by atoms with Crippen molar-refractivity contribution in [1.82, 2.24) is 4.57 Å². The molecule has 150 valence electrons. The smallest absolute Gasteiger partial charge is 0.250 e. The molecule has 0 aliphatic rings. The largest absolute Gasteiger partial charge is 0.461 e. The molecule has 4 rings (SSSR count). The highest BCUT2D eigenvalue weighted by molar-refractivity contribution is 5.90. The van der Waals surface area contributed by atoms with Gasteiger partial charge >= 0.3 is 0 Å². The van der Waals surface area contributed by atoms with Gasteiger partial charge in [-0.2, -0.15) is 0 Å². The van der Waals surface area contributed by atoms with Crippen molar-refractivity contribution in [3.8, 4) is 11.3 Å². The second-order valence-electron chi connectivity index (χ2n) is 7.04. The molecule has 0 saturated carbocycles. The highest BCUT2D eigenvalue weighted by Gasteiger charge is 2.08. The van der Waals surface area contributed by atoms with E-state index >= 15 is 0 Å². The van der Waals surface area contributed by atoms with Crippen LogP contribution < -0.4 is 10.9 Å². The maximum atomic E-state index is 12.3. The molecule has 1 amide bonds. The number of nitrogens with zero attached hydrogens (tertiary/aromatic N) is 1. The average Bonchev–Trinajstić information content (AvgIpc) is 3.25. The van der Waals surface area contributed by atoms with E-state index < -0.39 is 0 Å². The molecule has 5 nitrogen and oxygen atoms in total. The van der Waals surface area contributed by atoms with Crippen LogP contribution in [0.5, 0.6) is 0 Å². The van der Waals surface area contributed by atoms with Crippen LogP contribution in [0.1, 0.15) is 17.7 Å². The zero-order valence-electron chi connectivity index (χ0n) is 16.5. The van der Waals surface area contributed by atoms with Crippen molar-refractivity contribution < 1.29 is 9.21 Å². The van der Waals surface area contributed by atoms with Crippen LogP contribution in [0.4, 0.5) is 5.69 Å². The first-order valence-corrected chi connectivity index (χ1v) is 9.86. The van der Waals surface area contributed by atoms with Gasteiger partial charge in [0.2, 0.25) is 5.91 Å². The van der Waals surface area contributed by atoms with Crippen molar-refractivity contribution in [1.29, 1.82) is 0 Å². The summed E-state index contributed by atoms with van der Waals surface area (Å²) in [5, 5.41) is 2.90. The van der Waals surface area contributed by atoms with Gasteiger partial charge < -0.3 is 14.3 Å². The summed E-state index contributed by atoms with van der Waals surface area (Å²) in [6.07, 6.45) is 2.63. The summed E-state index contributed by atoms with van der Waals surface area (Å²) < 4.78 is 7.48. The fourth-order valence-electron chi connectivity index (χ4n) is 3.21. The number of furan rings is 1. The van der Waals surface area contributed by atoms with Gasteiger partial charge in [0, 0.05) is 36.4 Å². The quantitative estimate of drug-likeness (QED) is 0.490. The van der Waals surface area contributed by atoms with Gasteiger partial charge in [0.15, 0.2) is 0 Å². The Labute approximate surface area is 174 Å². The first-order chi connectivity index (χ1) is 14.7. The van der Waals surface area contributed by atoms with E-state index in [1.54, 1.807) is 16.8 Å². The summed E-state index contributed by atoms with van der Waals surface area (Å²) in [6.45, 7) is 0.496. The molecule has 0 aliphatic carbocycles. The van der Waals surface area contributed by atoms with E-state index in [2.05, 4.69) is 5.32 Å². The number of benzene rings is 2. The zero-order chi connectivity index (χ0) is 20.8. The SMILES string of the molecule is O=C(CCc1ccc(-c2ccccc2)o1)Nc1ccc(Cn2ccccc2=O)cc1. The Bertz CT molecular complexity index is 1170. The summed E-state index contributed by atoms with van der Waals surface area (Å²) in [4.78, 5) is 24.1. The fourth-order valence-corrected chi connectivity index (χ4v) is 3.21. The zero-order valence-corrected chi connectivity index (χ0v) is 16.5. The molecule has 2 aromatic heterocycles. The Morgan fingerprint density at radius 3 is 2.40 bits per heavy atom. The molecule has 0 unspecified atom stereocenters. The number of amides is 1. The van der Waals surface area contributed by atoms with Crippen LogP contribution in [-0.2, 0) is 17.8 Å². The summed E-state index contributed by atoms with van der Waals surface area (Å²) in [5.41, 5.74) is 2.70. The Hall–Kier alpha value is -3.86. The Morgan fingerprint density at radius 1 is 0.867 bits per heavy atom. The third-order valence-corrected chi connectivity index (χ3v) is 4.81. The van der Waals surface area contributed by atoms with Gasteiger partial charge in [-0.25, -0.2) is 0 Å². The summed E-state index contributed by atoms with van der Waals surface area (Å²) in [7, 11) is 0. The molecule has 30 heavy (non-hydrogen) atoms. The number of hydrogen-bond donors (Lipinski definition) is 1. The number of carbonyl (C=O) groups is 1. The first-order valence-electron chi connectivity index (χ1n) is 9.86. The Morgan fingerprint density at radius 2 is 1.63 bits per heavy atom. The molecular formula is C25H22N2O3. The van der Waals surface area contributed by atoms with E-state index in [9.17, 15) is 9.59 Å². The van der Waals surface area contributed by atoms with E-state index in [1.165, 1.54) is 6.07 Å². The van der Waals surface area contributed by atoms with Crippen LogP contribution >= 0.6 is 0 Å². The molecule has 0 spiro atoms. The van der Waals surface area contributed by atoms with E-state index in [1.807, 2.05) is 72.8 Å². The van der Waals surface area contributed by atoms with Gasteiger partial charge in [-0.1, -0.05) is 48.5 Å². The third-order valence-electron chi connectivity index (χ3n) is 4.81. The van der Waals surface area contributed by atoms with E-state index in [-0.39, 0.29) is 11.5 Å². The first kappa shape index (κ1) is 19.5. The lowest BCUT2D eigenvalue weighted by molar-refractivity contribution is -0.116. The summed E-state index contributed by atoms with van der Waals surface area (Å²) in [5.74, 6) is 1.52. The average molecular weight is 398 g/mol. The van der Waals surface area contributed by atoms with E-state index in [0.717, 1.165) is 28.3 Å². The van der Waals surface area contributed by atoms with Crippen LogP contribution in [0, 0.1) is 0 Å². The number of rotatable bonds is 7. The summed E-state index contributed by atoms with van der Waals surface area (Å²) >= 11 is 0. The van der Waals surface area contributed by atoms with Crippen molar-refractivity contribution in [3.05, 3.63) is 113 Å². The maximum Gasteiger partial charge on any atom is 0.250 e. The highest BCUT2D eigenvalue weighted by atomic mass is 16.3. The molecule has 2 heterocycles. The van der Waals surface area contributed by atoms with E-state index in [0.29, 0.717) is 19.4 Å². The monoisotopic (exact) mass is 398 g/mol. The normalized spacial score (nSPS) is 10.7. The van der Waals surface area contributed by atoms with Crippen molar-refractivity contribution in [2.24, 2.45) is 0 Å². The Balaban J connectivity index is 1.30. The highest BCUT2D eigenvalue weighted by Crippen LogP contribution is 2.22. The number of aromatic nitrogens is 1. The van der Waals surface area contributed by atoms with Crippen molar-refractivity contribution in [2.45, 2.75) is 19.4 Å². The molecule has 1 N–H and O–H groups in total. The van der Waals surface area contributed by atoms with E-state index in [4.69, 9.17) is 4.42 Å². The summed E-state index contributed by atoms with van der Waals surface area (Å²) in [6, 6.07) is 26.3. The van der Waals surface area contributed by atoms with Crippen LogP contribution in [-0.4, -0.2) is 10.5 Å². The predicted octanol–water partition coefficient (Wildman–Crippen LogP) is 4.73. The van der Waals surface area contributed by atoms with Crippen LogP contribution in [0.3, 0.4) is 0 Å². The predicted molar refractivity (Wildman–Crippen MR) is 117 cm³/mol. The van der Waals surface area contributed by atoms with Crippen molar-refractivity contribution in [2.75, 3.05) is 5.32 Å². The lowest BCUT2D eigenvalue weighted by atomic mass is 10.2. The lowest BCUT2D eigenvalue weighted by Crippen LogP contribution is -2.18. The minimum absolute atomic E-state index is 0.0387. The number of carbonyl (C=O) groups excluding carboxylic acids is 1. The topological polar surface area (TPSA) is 64.2 Å². The van der Waals surface area contributed by atoms with Gasteiger partial charge in [-0.3, -0.25) is 9.59 Å². The second kappa shape index (κ2) is 9.09. The van der Waals surface area contributed by atoms with Crippen LogP contribution in [0.15, 0.2) is 100 Å². The van der Waals surface area contributed by atoms with Gasteiger partial charge in [-0.05, 0) is 35.9 Å². The molecule has 5 heteroatoms. The number of pyridine rings is 1. The van der Waals surface area contributed by atoms with Gasteiger partial charge in [-0.15, -0.1) is 0 Å². The Kier molecular flexibility index (Phi) is 5.90. The molecule has 0 atom stereocenters.